The molecule has 19 heavy (non-hydrogen) atoms. The average Bonchev–Trinajstić information content (AvgIpc) is 2.33. The van der Waals surface area contributed by atoms with E-state index in [0.717, 1.165) is 6.07 Å². The quantitative estimate of drug-likeness (QED) is 0.810. The summed E-state index contributed by atoms with van der Waals surface area (Å²) in [6, 6.07) is 10.4. The average molecular weight is 303 g/mol. The van der Waals surface area contributed by atoms with Gasteiger partial charge in [-0.1, -0.05) is 30.3 Å². The van der Waals surface area contributed by atoms with Crippen molar-refractivity contribution >= 4 is 19.7 Å². The fourth-order valence-electron chi connectivity index (χ4n) is 1.76. The zero-order valence-electron chi connectivity index (χ0n) is 9.61. The summed E-state index contributed by atoms with van der Waals surface area (Å²) in [4.78, 5) is 0. The van der Waals surface area contributed by atoms with E-state index in [2.05, 4.69) is 0 Å². The highest BCUT2D eigenvalue weighted by atomic mass is 35.7. The lowest BCUT2D eigenvalue weighted by molar-refractivity contribution is 0.510. The SMILES string of the molecule is O=S(=O)(Cl)Cc1cc(F)c(F)c(-c2ccccc2)c1. The van der Waals surface area contributed by atoms with Crippen LogP contribution in [0.5, 0.6) is 0 Å². The van der Waals surface area contributed by atoms with Gasteiger partial charge >= 0.3 is 0 Å². The molecule has 0 amide bonds. The first-order valence-electron chi connectivity index (χ1n) is 5.32. The van der Waals surface area contributed by atoms with E-state index in [1.165, 1.54) is 6.07 Å². The number of halogens is 3. The first kappa shape index (κ1) is 14.0. The number of hydrogen-bond acceptors (Lipinski definition) is 2. The molecule has 0 fully saturated rings. The molecule has 0 aliphatic heterocycles. The summed E-state index contributed by atoms with van der Waals surface area (Å²) in [6.07, 6.45) is 0. The van der Waals surface area contributed by atoms with Gasteiger partial charge in [-0.15, -0.1) is 0 Å². The maximum atomic E-state index is 13.7. The van der Waals surface area contributed by atoms with Gasteiger partial charge in [0.15, 0.2) is 11.6 Å². The van der Waals surface area contributed by atoms with E-state index in [1.54, 1.807) is 30.3 Å². The van der Waals surface area contributed by atoms with Crippen LogP contribution in [-0.4, -0.2) is 8.42 Å². The van der Waals surface area contributed by atoms with Gasteiger partial charge in [0.2, 0.25) is 9.05 Å². The first-order chi connectivity index (χ1) is 8.87. The maximum Gasteiger partial charge on any atom is 0.236 e. The molecule has 0 heterocycles. The largest absolute Gasteiger partial charge is 0.236 e. The van der Waals surface area contributed by atoms with E-state index in [4.69, 9.17) is 10.7 Å². The third-order valence-electron chi connectivity index (χ3n) is 2.51. The third kappa shape index (κ3) is 3.52. The second-order valence-electron chi connectivity index (χ2n) is 3.99. The minimum atomic E-state index is -3.82. The monoisotopic (exact) mass is 302 g/mol. The van der Waals surface area contributed by atoms with E-state index < -0.39 is 26.4 Å². The minimum absolute atomic E-state index is 0.0101. The molecule has 0 saturated carbocycles. The Balaban J connectivity index is 2.55. The molecule has 6 heteroatoms. The van der Waals surface area contributed by atoms with Crippen molar-refractivity contribution in [3.63, 3.8) is 0 Å². The maximum absolute atomic E-state index is 13.7. The van der Waals surface area contributed by atoms with Crippen molar-refractivity contribution in [1.82, 2.24) is 0 Å². The predicted molar refractivity (Wildman–Crippen MR) is 70.3 cm³/mol. The van der Waals surface area contributed by atoms with Crippen molar-refractivity contribution in [2.75, 3.05) is 0 Å². The Morgan fingerprint density at radius 2 is 1.68 bits per heavy atom. The lowest BCUT2D eigenvalue weighted by Crippen LogP contribution is -1.99. The van der Waals surface area contributed by atoms with Crippen LogP contribution in [0.25, 0.3) is 11.1 Å². The van der Waals surface area contributed by atoms with Crippen LogP contribution in [0.2, 0.25) is 0 Å². The molecule has 2 nitrogen and oxygen atoms in total. The molecule has 0 aliphatic rings. The van der Waals surface area contributed by atoms with Gasteiger partial charge < -0.3 is 0 Å². The topological polar surface area (TPSA) is 34.1 Å². The van der Waals surface area contributed by atoms with Crippen LogP contribution in [0.1, 0.15) is 5.56 Å². The third-order valence-corrected chi connectivity index (χ3v) is 3.52. The van der Waals surface area contributed by atoms with Crippen LogP contribution in [0.4, 0.5) is 8.78 Å². The van der Waals surface area contributed by atoms with Crippen molar-refractivity contribution in [2.24, 2.45) is 0 Å². The highest BCUT2D eigenvalue weighted by molar-refractivity contribution is 8.13. The van der Waals surface area contributed by atoms with Gasteiger partial charge in [0, 0.05) is 16.2 Å². The normalized spacial score (nSPS) is 11.5. The lowest BCUT2D eigenvalue weighted by atomic mass is 10.0. The summed E-state index contributed by atoms with van der Waals surface area (Å²) in [5.74, 6) is -2.66. The summed E-state index contributed by atoms with van der Waals surface area (Å²) >= 11 is 0. The number of hydrogen-bond donors (Lipinski definition) is 0. The molecule has 2 aromatic rings. The molecule has 0 saturated heterocycles. The predicted octanol–water partition coefficient (Wildman–Crippen LogP) is 3.70. The van der Waals surface area contributed by atoms with Gasteiger partial charge in [0.05, 0.1) is 5.75 Å². The highest BCUT2D eigenvalue weighted by Crippen LogP contribution is 2.27. The Labute approximate surface area is 114 Å². The van der Waals surface area contributed by atoms with Crippen molar-refractivity contribution < 1.29 is 17.2 Å². The standard InChI is InChI=1S/C13H9ClF2O2S/c14-19(17,18)8-9-6-11(13(16)12(15)7-9)10-4-2-1-3-5-10/h1-7H,8H2. The van der Waals surface area contributed by atoms with Crippen molar-refractivity contribution in [1.29, 1.82) is 0 Å². The van der Waals surface area contributed by atoms with E-state index >= 15 is 0 Å². The van der Waals surface area contributed by atoms with Crippen LogP contribution >= 0.6 is 10.7 Å². The minimum Gasteiger partial charge on any atom is -0.212 e. The van der Waals surface area contributed by atoms with Crippen molar-refractivity contribution in [3.05, 3.63) is 59.7 Å². The molecule has 0 atom stereocenters. The van der Waals surface area contributed by atoms with Gasteiger partial charge in [-0.3, -0.25) is 0 Å². The van der Waals surface area contributed by atoms with Crippen LogP contribution in [0.15, 0.2) is 42.5 Å². The first-order valence-corrected chi connectivity index (χ1v) is 7.80. The summed E-state index contributed by atoms with van der Waals surface area (Å²) in [5, 5.41) is 0. The van der Waals surface area contributed by atoms with Gasteiger partial charge in [-0.2, -0.15) is 0 Å². The highest BCUT2D eigenvalue weighted by Gasteiger charge is 2.15. The fourth-order valence-corrected chi connectivity index (χ4v) is 2.70. The van der Waals surface area contributed by atoms with Crippen molar-refractivity contribution in [3.8, 4) is 11.1 Å². The van der Waals surface area contributed by atoms with E-state index in [-0.39, 0.29) is 11.1 Å². The number of benzene rings is 2. The van der Waals surface area contributed by atoms with Gasteiger partial charge in [-0.25, -0.2) is 17.2 Å². The van der Waals surface area contributed by atoms with E-state index in [9.17, 15) is 17.2 Å². The number of rotatable bonds is 3. The molecular weight excluding hydrogens is 294 g/mol. The molecule has 0 bridgehead atoms. The Morgan fingerprint density at radius 1 is 1.05 bits per heavy atom. The Hall–Kier alpha value is -1.46. The fraction of sp³-hybridized carbons (Fsp3) is 0.0769. The molecule has 0 aromatic heterocycles. The van der Waals surface area contributed by atoms with Gasteiger partial charge in [-0.05, 0) is 23.3 Å². The van der Waals surface area contributed by atoms with Crippen LogP contribution in [-0.2, 0) is 14.8 Å². The second kappa shape index (κ2) is 5.27. The van der Waals surface area contributed by atoms with Crippen LogP contribution < -0.4 is 0 Å². The summed E-state index contributed by atoms with van der Waals surface area (Å²) < 4.78 is 49.2. The van der Waals surface area contributed by atoms with Gasteiger partial charge in [0.1, 0.15) is 0 Å². The Morgan fingerprint density at radius 3 is 2.26 bits per heavy atom. The Kier molecular flexibility index (Phi) is 3.87. The molecule has 0 radical (unpaired) electrons. The summed E-state index contributed by atoms with van der Waals surface area (Å²) in [6.45, 7) is 0. The summed E-state index contributed by atoms with van der Waals surface area (Å²) in [5.41, 5.74) is 0.580. The molecule has 0 spiro atoms. The summed E-state index contributed by atoms with van der Waals surface area (Å²) in [7, 11) is 1.29. The molecular formula is C13H9ClF2O2S. The molecule has 0 N–H and O–H groups in total. The Bertz CT molecular complexity index is 700. The molecule has 2 rings (SSSR count). The van der Waals surface area contributed by atoms with E-state index in [0.29, 0.717) is 5.56 Å². The smallest absolute Gasteiger partial charge is 0.212 e. The second-order valence-corrected chi connectivity index (χ2v) is 6.77. The zero-order chi connectivity index (χ0) is 14.0. The van der Waals surface area contributed by atoms with Crippen LogP contribution in [0.3, 0.4) is 0 Å². The lowest BCUT2D eigenvalue weighted by Gasteiger charge is -2.07. The molecule has 0 aliphatic carbocycles. The zero-order valence-corrected chi connectivity index (χ0v) is 11.2. The molecule has 0 unspecified atom stereocenters. The molecule has 100 valence electrons. The van der Waals surface area contributed by atoms with Crippen LogP contribution in [0, 0.1) is 11.6 Å². The van der Waals surface area contributed by atoms with Gasteiger partial charge in [0.25, 0.3) is 0 Å². The van der Waals surface area contributed by atoms with Crippen molar-refractivity contribution in [2.45, 2.75) is 5.75 Å². The van der Waals surface area contributed by atoms with E-state index in [1.807, 2.05) is 0 Å². The molecule has 2 aromatic carbocycles.